The maximum atomic E-state index is 13.6. The molecule has 6 unspecified atom stereocenters. The highest BCUT2D eigenvalue weighted by atomic mass is 16.2. The SMILES string of the molecule is CC1(C)CCCN(C(=O)C23CC4CC(CC(C4)C2)C3)C1.CC1CCCCN1C(=O)C12CC3CC(CC(C3)C1)C2.CC1CCCN(C(=O)C23CC4CC(CC(C4)C2)C3)C1.CC1CCN(C(=O)C23CC4CC(CC(C4)C2)C3)CC1.O=C(N1CCC2CCCCC2C1)C12CC3CC(CC(C3)C1)C2.O=C(N1CCCC2CCCCC21)C12CC3CC(CC(C3)C1)C2.O=C(NC12CC3CC(CC(C3)C1)C2)C12CC3CC(CC(C3)C1)C2. The predicted octanol–water partition coefficient (Wildman–Crippen LogP) is 27.3. The van der Waals surface area contributed by atoms with E-state index in [0.29, 0.717) is 64.8 Å². The maximum Gasteiger partial charge on any atom is 0.229 e. The number of carbonyl (C=O) groups excluding carboxylic acids is 7. The number of carbonyl (C=O) groups is 7. The average molecular weight is 1980 g/mol. The summed E-state index contributed by atoms with van der Waals surface area (Å²) in [4.78, 5) is 107. The lowest BCUT2D eigenvalue weighted by Crippen LogP contribution is -2.64. The van der Waals surface area contributed by atoms with Gasteiger partial charge in [-0.05, 0) is 588 Å². The summed E-state index contributed by atoms with van der Waals surface area (Å²) < 4.78 is 0. The van der Waals surface area contributed by atoms with Crippen molar-refractivity contribution in [3.63, 3.8) is 0 Å². The van der Waals surface area contributed by atoms with Crippen molar-refractivity contribution in [2.45, 2.75) is 489 Å². The zero-order valence-corrected chi connectivity index (χ0v) is 92.1. The average Bonchev–Trinajstić information content (AvgIpc) is 0.727. The molecule has 6 atom stereocenters. The van der Waals surface area contributed by atoms with E-state index in [1.165, 1.54) is 437 Å². The van der Waals surface area contributed by atoms with Gasteiger partial charge >= 0.3 is 0 Å². The molecule has 144 heavy (non-hydrogen) atoms. The van der Waals surface area contributed by atoms with Gasteiger partial charge in [0.15, 0.2) is 0 Å². The molecule has 0 aromatic heterocycles. The van der Waals surface area contributed by atoms with Crippen LogP contribution in [-0.4, -0.2) is 154 Å². The summed E-state index contributed by atoms with van der Waals surface area (Å²) in [5.41, 5.74) is 1.12. The molecule has 6 heterocycles. The number of likely N-dealkylation sites (tertiary alicyclic amines) is 6. The third-order valence-electron chi connectivity index (χ3n) is 51.2. The molecule has 6 saturated heterocycles. The first kappa shape index (κ1) is 99.6. The summed E-state index contributed by atoms with van der Waals surface area (Å²) in [5, 5.41) is 3.74. The van der Waals surface area contributed by atoms with Crippen LogP contribution < -0.4 is 5.32 Å². The molecule has 14 heteroatoms. The van der Waals surface area contributed by atoms with E-state index in [4.69, 9.17) is 0 Å². The van der Waals surface area contributed by atoms with Gasteiger partial charge in [0.1, 0.15) is 0 Å². The Morgan fingerprint density at radius 2 is 0.507 bits per heavy atom. The van der Waals surface area contributed by atoms with E-state index < -0.39 is 0 Å². The van der Waals surface area contributed by atoms with Crippen LogP contribution in [0, 0.1) is 215 Å². The van der Waals surface area contributed by atoms with Gasteiger partial charge in [-0.15, -0.1) is 0 Å². The van der Waals surface area contributed by atoms with Crippen molar-refractivity contribution in [2.75, 3.05) is 65.4 Å². The predicted molar refractivity (Wildman–Crippen MR) is 571 cm³/mol. The molecule has 1 N–H and O–H groups in total. The zero-order chi connectivity index (χ0) is 97.8. The summed E-state index contributed by atoms with van der Waals surface area (Å²) >= 11 is 0. The van der Waals surface area contributed by atoms with Crippen LogP contribution in [0.5, 0.6) is 0 Å². The fraction of sp³-hybridized carbons (Fsp3) is 0.946. The number of rotatable bonds is 8. The summed E-state index contributed by atoms with van der Waals surface area (Å²) in [5.74, 6) is 29.4. The number of fused-ring (bicyclic) bond motifs is 2. The Bertz CT molecular complexity index is 4390. The standard InChI is InChI=1S/C21H31NO.2C20H31NO.C18H29NO.3C17H27NO/c23-19(20-7-13-1-14(8-20)3-15(2-13)9-20)22-21-10-16-4-17(11-21)6-18(5-16)12-21;22-19(21-7-3-5-17-4-1-2-6-18(17)21)20-11-14-8-15(12-20)10-16(9-14)13-20;22-19(21-6-5-17-3-1-2-4-18(17)13-21)20-10-14-7-15(11-20)9-16(8-14)12-20;1-17(2)4-3-5-19(12-17)16(20)18-9-13-6-14(10-18)8-15(7-13)11-18;1-12-2-4-18(5-3-12)16(19)17-9-13-6-14(10-17)8-15(7-13)11-17;1-12-3-2-4-18(11-12)16(19)17-8-13-5-14(9-17)7-15(6-13)10-17;1-12-4-2-3-5-18(12)16(19)17-9-13-6-14(10-17)8-15(7-13)11-17/h13-18H,1-12H2,(H,22,23);2*14-18H,1-13H2;13-15H,3-12H2,1-2H3;3*12-15H,2-11H2,1H3. The minimum atomic E-state index is 0.0537. The Balaban J connectivity index is 0.0000000858. The number of nitrogens with zero attached hydrogens (tertiary/aromatic N) is 6. The van der Waals surface area contributed by atoms with Crippen LogP contribution in [0.1, 0.15) is 471 Å². The largest absolute Gasteiger partial charge is 0.350 e. The Morgan fingerprint density at radius 1 is 0.222 bits per heavy atom. The van der Waals surface area contributed by atoms with Crippen molar-refractivity contribution in [1.82, 2.24) is 34.7 Å². The molecule has 0 radical (unpaired) electrons. The molecule has 34 saturated carbocycles. The van der Waals surface area contributed by atoms with Gasteiger partial charge in [0.05, 0.1) is 32.5 Å². The highest BCUT2D eigenvalue weighted by Crippen LogP contribution is 2.70. The van der Waals surface area contributed by atoms with Crippen LogP contribution in [0.3, 0.4) is 0 Å². The van der Waals surface area contributed by atoms with E-state index in [2.05, 4.69) is 69.3 Å². The van der Waals surface area contributed by atoms with Crippen molar-refractivity contribution in [3.05, 3.63) is 0 Å². The first-order valence-corrected chi connectivity index (χ1v) is 64.6. The molecule has 7 amide bonds. The minimum Gasteiger partial charge on any atom is -0.350 e. The van der Waals surface area contributed by atoms with Crippen molar-refractivity contribution in [2.24, 2.45) is 215 Å². The van der Waals surface area contributed by atoms with Gasteiger partial charge in [-0.25, -0.2) is 0 Å². The van der Waals surface area contributed by atoms with Gasteiger partial charge in [-0.2, -0.15) is 0 Å². The van der Waals surface area contributed by atoms with E-state index in [9.17, 15) is 33.6 Å². The molecular formula is C130H203N7O7. The van der Waals surface area contributed by atoms with Crippen molar-refractivity contribution in [3.8, 4) is 0 Å². The summed E-state index contributed by atoms with van der Waals surface area (Å²) in [6.45, 7) is 21.9. The third kappa shape index (κ3) is 19.3. The maximum absolute atomic E-state index is 13.6. The lowest BCUT2D eigenvalue weighted by Gasteiger charge is -2.59. The molecule has 800 valence electrons. The second-order valence-corrected chi connectivity index (χ2v) is 63.4. The third-order valence-corrected chi connectivity index (χ3v) is 51.2. The van der Waals surface area contributed by atoms with Gasteiger partial charge in [0, 0.05) is 88.5 Å². The molecule has 32 bridgehead atoms. The van der Waals surface area contributed by atoms with Crippen LogP contribution in [0.15, 0.2) is 0 Å². The number of hydrogen-bond acceptors (Lipinski definition) is 7. The second kappa shape index (κ2) is 39.0. The minimum absolute atomic E-state index is 0.0537. The van der Waals surface area contributed by atoms with Crippen molar-refractivity contribution < 1.29 is 33.6 Å². The van der Waals surface area contributed by atoms with Crippen LogP contribution in [0.25, 0.3) is 0 Å². The normalized spacial score (nSPS) is 49.8. The van der Waals surface area contributed by atoms with Gasteiger partial charge in [-0.3, -0.25) is 33.6 Å². The second-order valence-electron chi connectivity index (χ2n) is 63.4. The van der Waals surface area contributed by atoms with Crippen LogP contribution in [0.4, 0.5) is 0 Å². The Labute approximate surface area is 873 Å². The Hall–Kier alpha value is -3.71. The summed E-state index contributed by atoms with van der Waals surface area (Å²) in [6, 6.07) is 1.11. The summed E-state index contributed by atoms with van der Waals surface area (Å²) in [7, 11) is 0. The lowest BCUT2D eigenvalue weighted by atomic mass is 9.48. The van der Waals surface area contributed by atoms with Gasteiger partial charge in [0.25, 0.3) is 0 Å². The molecule has 34 aliphatic carbocycles. The van der Waals surface area contributed by atoms with E-state index in [-0.39, 0.29) is 43.4 Å². The van der Waals surface area contributed by atoms with Crippen LogP contribution >= 0.6 is 0 Å². The lowest BCUT2D eigenvalue weighted by molar-refractivity contribution is -0.164. The molecule has 40 rings (SSSR count). The van der Waals surface area contributed by atoms with Gasteiger partial charge in [-0.1, -0.05) is 59.8 Å². The zero-order valence-electron chi connectivity index (χ0n) is 92.1. The van der Waals surface area contributed by atoms with Crippen molar-refractivity contribution in [1.29, 1.82) is 0 Å². The Morgan fingerprint density at radius 3 is 0.882 bits per heavy atom. The van der Waals surface area contributed by atoms with E-state index >= 15 is 0 Å². The van der Waals surface area contributed by atoms with E-state index in [1.54, 1.807) is 0 Å². The van der Waals surface area contributed by atoms with E-state index in [1.807, 2.05) is 0 Å². The van der Waals surface area contributed by atoms with Crippen LogP contribution in [-0.2, 0) is 33.6 Å². The first-order chi connectivity index (χ1) is 69.5. The quantitative estimate of drug-likeness (QED) is 0.254. The molecule has 0 aromatic carbocycles. The molecule has 40 aliphatic rings. The fourth-order valence-corrected chi connectivity index (χ4v) is 48.5. The van der Waals surface area contributed by atoms with Gasteiger partial charge in [0.2, 0.25) is 41.4 Å². The first-order valence-electron chi connectivity index (χ1n) is 64.6. The molecule has 40 fully saturated rings. The number of piperidine rings is 6. The molecule has 0 spiro atoms. The highest BCUT2D eigenvalue weighted by molar-refractivity contribution is 5.88. The number of amides is 7. The number of hydrogen-bond donors (Lipinski definition) is 1. The fourth-order valence-electron chi connectivity index (χ4n) is 48.5. The van der Waals surface area contributed by atoms with Crippen LogP contribution in [0.2, 0.25) is 0 Å². The molecule has 6 aliphatic heterocycles. The van der Waals surface area contributed by atoms with E-state index in [0.717, 1.165) is 231 Å². The topological polar surface area (TPSA) is 151 Å². The summed E-state index contributed by atoms with van der Waals surface area (Å²) in [6.07, 6.45) is 90.5. The van der Waals surface area contributed by atoms with Crippen molar-refractivity contribution >= 4 is 41.4 Å². The molecular weight excluding hydrogens is 1770 g/mol. The molecule has 0 aromatic rings. The highest BCUT2D eigenvalue weighted by Gasteiger charge is 2.66. The monoisotopic (exact) mass is 1970 g/mol. The molecule has 14 nitrogen and oxygen atoms in total. The number of nitrogens with one attached hydrogen (secondary N) is 1. The smallest absolute Gasteiger partial charge is 0.229 e. The Kier molecular flexibility index (Phi) is 27.0. The van der Waals surface area contributed by atoms with Gasteiger partial charge < -0.3 is 34.7 Å².